The lowest BCUT2D eigenvalue weighted by Crippen LogP contribution is -2.14. The standard InChI is InChI=1S/C9H9FN2O2/c10-8-7(14-5-1-2-5)4-3-6(12-8)9(11)13/h3-5H,1-2H2,(H2,11,13). The first-order valence-corrected chi connectivity index (χ1v) is 4.30. The highest BCUT2D eigenvalue weighted by Crippen LogP contribution is 2.27. The van der Waals surface area contributed by atoms with Gasteiger partial charge in [0, 0.05) is 0 Å². The molecular formula is C9H9FN2O2. The van der Waals surface area contributed by atoms with Crippen LogP contribution in [0.15, 0.2) is 12.1 Å². The zero-order chi connectivity index (χ0) is 10.1. The highest BCUT2D eigenvalue weighted by atomic mass is 19.1. The van der Waals surface area contributed by atoms with Crippen molar-refractivity contribution in [3.63, 3.8) is 0 Å². The Morgan fingerprint density at radius 2 is 2.29 bits per heavy atom. The summed E-state index contributed by atoms with van der Waals surface area (Å²) in [4.78, 5) is 14.0. The molecule has 74 valence electrons. The molecule has 1 saturated carbocycles. The molecule has 14 heavy (non-hydrogen) atoms. The first-order valence-electron chi connectivity index (χ1n) is 4.30. The van der Waals surface area contributed by atoms with Gasteiger partial charge in [-0.15, -0.1) is 0 Å². The number of pyridine rings is 1. The average Bonchev–Trinajstić information content (AvgIpc) is 2.92. The zero-order valence-electron chi connectivity index (χ0n) is 7.37. The van der Waals surface area contributed by atoms with Gasteiger partial charge in [-0.1, -0.05) is 0 Å². The number of rotatable bonds is 3. The van der Waals surface area contributed by atoms with E-state index in [1.807, 2.05) is 0 Å². The van der Waals surface area contributed by atoms with E-state index in [1.165, 1.54) is 12.1 Å². The zero-order valence-corrected chi connectivity index (χ0v) is 7.37. The average molecular weight is 196 g/mol. The molecule has 1 fully saturated rings. The smallest absolute Gasteiger partial charge is 0.267 e. The van der Waals surface area contributed by atoms with Crippen molar-refractivity contribution in [3.05, 3.63) is 23.8 Å². The molecular weight excluding hydrogens is 187 g/mol. The second-order valence-corrected chi connectivity index (χ2v) is 3.17. The molecule has 0 radical (unpaired) electrons. The van der Waals surface area contributed by atoms with E-state index in [4.69, 9.17) is 10.5 Å². The highest BCUT2D eigenvalue weighted by molar-refractivity contribution is 5.90. The van der Waals surface area contributed by atoms with Gasteiger partial charge in [0.2, 0.25) is 0 Å². The van der Waals surface area contributed by atoms with Gasteiger partial charge in [0.1, 0.15) is 5.69 Å². The minimum Gasteiger partial charge on any atom is -0.486 e. The van der Waals surface area contributed by atoms with Crippen molar-refractivity contribution in [1.29, 1.82) is 0 Å². The lowest BCUT2D eigenvalue weighted by Gasteiger charge is -2.04. The van der Waals surface area contributed by atoms with E-state index in [9.17, 15) is 9.18 Å². The summed E-state index contributed by atoms with van der Waals surface area (Å²) in [6.45, 7) is 0. The van der Waals surface area contributed by atoms with Crippen LogP contribution in [0.4, 0.5) is 4.39 Å². The van der Waals surface area contributed by atoms with E-state index >= 15 is 0 Å². The number of amides is 1. The van der Waals surface area contributed by atoms with E-state index < -0.39 is 11.9 Å². The van der Waals surface area contributed by atoms with Crippen molar-refractivity contribution in [3.8, 4) is 5.75 Å². The number of nitrogens with zero attached hydrogens (tertiary/aromatic N) is 1. The third-order valence-corrected chi connectivity index (χ3v) is 1.88. The molecule has 5 heteroatoms. The second-order valence-electron chi connectivity index (χ2n) is 3.17. The Balaban J connectivity index is 2.21. The van der Waals surface area contributed by atoms with Crippen LogP contribution in [-0.4, -0.2) is 17.0 Å². The summed E-state index contributed by atoms with van der Waals surface area (Å²) < 4.78 is 18.4. The summed E-state index contributed by atoms with van der Waals surface area (Å²) >= 11 is 0. The third kappa shape index (κ3) is 1.81. The Morgan fingerprint density at radius 1 is 1.57 bits per heavy atom. The number of hydrogen-bond donors (Lipinski definition) is 1. The highest BCUT2D eigenvalue weighted by Gasteiger charge is 2.25. The van der Waals surface area contributed by atoms with Crippen LogP contribution < -0.4 is 10.5 Å². The molecule has 0 atom stereocenters. The van der Waals surface area contributed by atoms with Gasteiger partial charge in [-0.2, -0.15) is 4.39 Å². The lowest BCUT2D eigenvalue weighted by atomic mass is 10.3. The first-order chi connectivity index (χ1) is 6.66. The number of nitrogens with two attached hydrogens (primary N) is 1. The topological polar surface area (TPSA) is 65.2 Å². The van der Waals surface area contributed by atoms with Crippen molar-refractivity contribution in [2.75, 3.05) is 0 Å². The fourth-order valence-electron chi connectivity index (χ4n) is 1.01. The van der Waals surface area contributed by atoms with Gasteiger partial charge in [0.05, 0.1) is 6.10 Å². The van der Waals surface area contributed by atoms with E-state index in [0.29, 0.717) is 0 Å². The molecule has 0 bridgehead atoms. The van der Waals surface area contributed by atoms with Crippen LogP contribution in [0.1, 0.15) is 23.3 Å². The van der Waals surface area contributed by atoms with E-state index in [-0.39, 0.29) is 17.5 Å². The van der Waals surface area contributed by atoms with Crippen molar-refractivity contribution in [2.24, 2.45) is 5.73 Å². The molecule has 1 aliphatic rings. The van der Waals surface area contributed by atoms with Crippen LogP contribution >= 0.6 is 0 Å². The quantitative estimate of drug-likeness (QED) is 0.729. The van der Waals surface area contributed by atoms with Gasteiger partial charge >= 0.3 is 0 Å². The number of hydrogen-bond acceptors (Lipinski definition) is 3. The summed E-state index contributed by atoms with van der Waals surface area (Å²) in [5.74, 6) is -1.45. The Hall–Kier alpha value is -1.65. The van der Waals surface area contributed by atoms with Crippen LogP contribution in [0, 0.1) is 5.95 Å². The monoisotopic (exact) mass is 196 g/mol. The SMILES string of the molecule is NC(=O)c1ccc(OC2CC2)c(F)n1. The molecule has 1 aromatic heterocycles. The van der Waals surface area contributed by atoms with Crippen LogP contribution in [0.2, 0.25) is 0 Å². The molecule has 0 unspecified atom stereocenters. The van der Waals surface area contributed by atoms with Gasteiger partial charge in [-0.3, -0.25) is 4.79 Å². The molecule has 2 rings (SSSR count). The largest absolute Gasteiger partial charge is 0.486 e. The number of carbonyl (C=O) groups is 1. The van der Waals surface area contributed by atoms with Gasteiger partial charge in [0.15, 0.2) is 5.75 Å². The van der Waals surface area contributed by atoms with E-state index in [2.05, 4.69) is 4.98 Å². The molecule has 0 saturated heterocycles. The number of halogens is 1. The van der Waals surface area contributed by atoms with Crippen LogP contribution in [0.25, 0.3) is 0 Å². The minimum absolute atomic E-state index is 0.0810. The molecule has 1 amide bonds. The van der Waals surface area contributed by atoms with Crippen molar-refractivity contribution < 1.29 is 13.9 Å². The number of primary amides is 1. The van der Waals surface area contributed by atoms with Gasteiger partial charge in [-0.25, -0.2) is 4.98 Å². The van der Waals surface area contributed by atoms with Gasteiger partial charge in [-0.05, 0) is 25.0 Å². The molecule has 4 nitrogen and oxygen atoms in total. The summed E-state index contributed by atoms with van der Waals surface area (Å²) in [6.07, 6.45) is 1.99. The molecule has 2 N–H and O–H groups in total. The first kappa shape index (κ1) is 8.93. The molecule has 0 aromatic carbocycles. The maximum Gasteiger partial charge on any atom is 0.267 e. The Labute approximate surface area is 79.9 Å². The van der Waals surface area contributed by atoms with Crippen molar-refractivity contribution in [1.82, 2.24) is 4.98 Å². The molecule has 0 aliphatic heterocycles. The molecule has 1 aliphatic carbocycles. The molecule has 1 aromatic rings. The number of aromatic nitrogens is 1. The molecule has 1 heterocycles. The predicted molar refractivity (Wildman–Crippen MR) is 46.4 cm³/mol. The van der Waals surface area contributed by atoms with E-state index in [1.54, 1.807) is 0 Å². The summed E-state index contributed by atoms with van der Waals surface area (Å²) in [5.41, 5.74) is 4.85. The van der Waals surface area contributed by atoms with Gasteiger partial charge < -0.3 is 10.5 Å². The van der Waals surface area contributed by atoms with Crippen molar-refractivity contribution in [2.45, 2.75) is 18.9 Å². The Morgan fingerprint density at radius 3 is 2.79 bits per heavy atom. The predicted octanol–water partition coefficient (Wildman–Crippen LogP) is 0.861. The number of ether oxygens (including phenoxy) is 1. The normalized spacial score (nSPS) is 15.2. The third-order valence-electron chi connectivity index (χ3n) is 1.88. The lowest BCUT2D eigenvalue weighted by molar-refractivity contribution is 0.0994. The molecule has 0 spiro atoms. The minimum atomic E-state index is -0.784. The Kier molecular flexibility index (Phi) is 2.07. The summed E-state index contributed by atoms with van der Waals surface area (Å²) in [6, 6.07) is 2.73. The summed E-state index contributed by atoms with van der Waals surface area (Å²) in [5, 5.41) is 0. The maximum absolute atomic E-state index is 13.2. The Bertz CT molecular complexity index is 377. The maximum atomic E-state index is 13.2. The number of carbonyl (C=O) groups excluding carboxylic acids is 1. The van der Waals surface area contributed by atoms with Crippen LogP contribution in [0.5, 0.6) is 5.75 Å². The van der Waals surface area contributed by atoms with Crippen molar-refractivity contribution >= 4 is 5.91 Å². The van der Waals surface area contributed by atoms with E-state index in [0.717, 1.165) is 12.8 Å². The fourth-order valence-corrected chi connectivity index (χ4v) is 1.01. The summed E-state index contributed by atoms with van der Waals surface area (Å²) in [7, 11) is 0. The fraction of sp³-hybridized carbons (Fsp3) is 0.333. The second kappa shape index (κ2) is 3.25. The van der Waals surface area contributed by atoms with Gasteiger partial charge in [0.25, 0.3) is 11.9 Å². The van der Waals surface area contributed by atoms with Crippen LogP contribution in [0.3, 0.4) is 0 Å². The van der Waals surface area contributed by atoms with Crippen LogP contribution in [-0.2, 0) is 0 Å².